The lowest BCUT2D eigenvalue weighted by Gasteiger charge is -2.38. The zero-order chi connectivity index (χ0) is 14.3. The Morgan fingerprint density at radius 2 is 2.05 bits per heavy atom. The molecule has 0 amide bonds. The molecular formula is C16H34N2S. The number of hydrogen-bond acceptors (Lipinski definition) is 3. The molecule has 0 spiro atoms. The summed E-state index contributed by atoms with van der Waals surface area (Å²) in [6.45, 7) is 5.81. The smallest absolute Gasteiger partial charge is 0.0180 e. The molecule has 0 aromatic heterocycles. The van der Waals surface area contributed by atoms with Gasteiger partial charge in [-0.05, 0) is 50.8 Å². The molecule has 0 aromatic rings. The molecule has 1 rings (SSSR count). The normalized spacial score (nSPS) is 29.7. The number of nitrogens with two attached hydrogens (primary N) is 1. The number of hydrogen-bond donors (Lipinski definition) is 1. The minimum absolute atomic E-state index is 0.433. The van der Waals surface area contributed by atoms with Crippen molar-refractivity contribution in [2.75, 3.05) is 25.6 Å². The predicted molar refractivity (Wildman–Crippen MR) is 88.8 cm³/mol. The van der Waals surface area contributed by atoms with Crippen molar-refractivity contribution in [2.45, 2.75) is 64.5 Å². The van der Waals surface area contributed by atoms with Crippen LogP contribution in [0.25, 0.3) is 0 Å². The highest BCUT2D eigenvalue weighted by Gasteiger charge is 2.29. The fraction of sp³-hybridized carbons (Fsp3) is 1.00. The zero-order valence-corrected chi connectivity index (χ0v) is 14.2. The SMILES string of the molecule is CCCC1CCC(N)C(CN(C)C(CC)CSC)C1. The van der Waals surface area contributed by atoms with Crippen LogP contribution in [-0.4, -0.2) is 42.6 Å². The summed E-state index contributed by atoms with van der Waals surface area (Å²) in [5.41, 5.74) is 6.37. The van der Waals surface area contributed by atoms with Crippen molar-refractivity contribution in [3.63, 3.8) is 0 Å². The van der Waals surface area contributed by atoms with Crippen molar-refractivity contribution in [2.24, 2.45) is 17.6 Å². The van der Waals surface area contributed by atoms with Gasteiger partial charge in [-0.2, -0.15) is 11.8 Å². The fourth-order valence-electron chi connectivity index (χ4n) is 3.53. The fourth-order valence-corrected chi connectivity index (χ4v) is 4.41. The molecule has 1 aliphatic rings. The third-order valence-electron chi connectivity index (χ3n) is 4.82. The Bertz CT molecular complexity index is 235. The van der Waals surface area contributed by atoms with Gasteiger partial charge in [0.2, 0.25) is 0 Å². The second-order valence-corrected chi connectivity index (χ2v) is 7.26. The quantitative estimate of drug-likeness (QED) is 0.739. The van der Waals surface area contributed by atoms with Crippen LogP contribution in [-0.2, 0) is 0 Å². The van der Waals surface area contributed by atoms with Crippen LogP contribution in [0.2, 0.25) is 0 Å². The first-order valence-electron chi connectivity index (χ1n) is 8.07. The van der Waals surface area contributed by atoms with E-state index >= 15 is 0 Å². The number of nitrogens with zero attached hydrogens (tertiary/aromatic N) is 1. The van der Waals surface area contributed by atoms with Gasteiger partial charge in [0, 0.05) is 24.4 Å². The van der Waals surface area contributed by atoms with Crippen molar-refractivity contribution in [1.82, 2.24) is 4.90 Å². The molecular weight excluding hydrogens is 252 g/mol. The van der Waals surface area contributed by atoms with E-state index in [9.17, 15) is 0 Å². The van der Waals surface area contributed by atoms with Gasteiger partial charge in [0.05, 0.1) is 0 Å². The lowest BCUT2D eigenvalue weighted by Crippen LogP contribution is -2.45. The topological polar surface area (TPSA) is 29.3 Å². The Labute approximate surface area is 124 Å². The van der Waals surface area contributed by atoms with Crippen molar-refractivity contribution in [3.8, 4) is 0 Å². The number of thioether (sulfide) groups is 1. The summed E-state index contributed by atoms with van der Waals surface area (Å²) < 4.78 is 0. The van der Waals surface area contributed by atoms with Crippen LogP contribution in [0.3, 0.4) is 0 Å². The van der Waals surface area contributed by atoms with E-state index in [2.05, 4.69) is 32.1 Å². The van der Waals surface area contributed by atoms with Crippen molar-refractivity contribution < 1.29 is 0 Å². The van der Waals surface area contributed by atoms with Crippen LogP contribution in [0.5, 0.6) is 0 Å². The Kier molecular flexibility index (Phi) is 8.43. The van der Waals surface area contributed by atoms with Crippen molar-refractivity contribution in [3.05, 3.63) is 0 Å². The second kappa shape index (κ2) is 9.25. The summed E-state index contributed by atoms with van der Waals surface area (Å²) >= 11 is 1.96. The molecule has 1 aliphatic carbocycles. The molecule has 0 saturated heterocycles. The van der Waals surface area contributed by atoms with Crippen LogP contribution in [0.4, 0.5) is 0 Å². The van der Waals surface area contributed by atoms with Gasteiger partial charge in [0.1, 0.15) is 0 Å². The predicted octanol–water partition coefficient (Wildman–Crippen LogP) is 3.60. The van der Waals surface area contributed by atoms with E-state index < -0.39 is 0 Å². The van der Waals surface area contributed by atoms with Gasteiger partial charge in [-0.15, -0.1) is 0 Å². The van der Waals surface area contributed by atoms with Crippen molar-refractivity contribution in [1.29, 1.82) is 0 Å². The third-order valence-corrected chi connectivity index (χ3v) is 5.54. The summed E-state index contributed by atoms with van der Waals surface area (Å²) in [7, 11) is 2.29. The molecule has 0 aromatic carbocycles. The van der Waals surface area contributed by atoms with E-state index in [1.165, 1.54) is 50.8 Å². The molecule has 2 nitrogen and oxygen atoms in total. The molecule has 3 heteroatoms. The van der Waals surface area contributed by atoms with Gasteiger partial charge < -0.3 is 10.6 Å². The summed E-state index contributed by atoms with van der Waals surface area (Å²) in [5.74, 6) is 2.89. The van der Waals surface area contributed by atoms with Crippen LogP contribution < -0.4 is 5.73 Å². The minimum atomic E-state index is 0.433. The largest absolute Gasteiger partial charge is 0.327 e. The van der Waals surface area contributed by atoms with Gasteiger partial charge >= 0.3 is 0 Å². The molecule has 114 valence electrons. The highest BCUT2D eigenvalue weighted by atomic mass is 32.2. The maximum absolute atomic E-state index is 6.37. The van der Waals surface area contributed by atoms with Crippen molar-refractivity contribution >= 4 is 11.8 Å². The molecule has 0 aliphatic heterocycles. The Balaban J connectivity index is 2.47. The standard InChI is InChI=1S/C16H34N2S/c1-5-7-13-8-9-16(17)14(10-13)11-18(3)15(6-2)12-19-4/h13-16H,5-12,17H2,1-4H3. The molecule has 1 fully saturated rings. The maximum Gasteiger partial charge on any atom is 0.0180 e. The van der Waals surface area contributed by atoms with Crippen LogP contribution in [0.15, 0.2) is 0 Å². The monoisotopic (exact) mass is 286 g/mol. The van der Waals surface area contributed by atoms with Crippen LogP contribution >= 0.6 is 11.8 Å². The molecule has 19 heavy (non-hydrogen) atoms. The maximum atomic E-state index is 6.37. The van der Waals surface area contributed by atoms with Crippen LogP contribution in [0, 0.1) is 11.8 Å². The summed E-state index contributed by atoms with van der Waals surface area (Å²) in [5, 5.41) is 0. The highest BCUT2D eigenvalue weighted by molar-refractivity contribution is 7.98. The average Bonchev–Trinajstić information content (AvgIpc) is 2.40. The second-order valence-electron chi connectivity index (χ2n) is 6.35. The summed E-state index contributed by atoms with van der Waals surface area (Å²) in [6.07, 6.45) is 10.1. The van der Waals surface area contributed by atoms with Gasteiger partial charge in [0.25, 0.3) is 0 Å². The molecule has 0 bridgehead atoms. The molecule has 0 radical (unpaired) electrons. The molecule has 2 N–H and O–H groups in total. The van der Waals surface area contributed by atoms with E-state index in [1.54, 1.807) is 0 Å². The van der Waals surface area contributed by atoms with E-state index in [-0.39, 0.29) is 0 Å². The van der Waals surface area contributed by atoms with Gasteiger partial charge in [0.15, 0.2) is 0 Å². The lowest BCUT2D eigenvalue weighted by atomic mass is 9.76. The molecule has 0 heterocycles. The van der Waals surface area contributed by atoms with Crippen LogP contribution in [0.1, 0.15) is 52.4 Å². The molecule has 4 atom stereocenters. The first kappa shape index (κ1) is 17.3. The Morgan fingerprint density at radius 1 is 1.32 bits per heavy atom. The lowest BCUT2D eigenvalue weighted by molar-refractivity contribution is 0.146. The highest BCUT2D eigenvalue weighted by Crippen LogP contribution is 2.32. The van der Waals surface area contributed by atoms with E-state index in [1.807, 2.05) is 11.8 Å². The average molecular weight is 287 g/mol. The van der Waals surface area contributed by atoms with Gasteiger partial charge in [-0.1, -0.05) is 26.7 Å². The number of rotatable bonds is 8. The summed E-state index contributed by atoms with van der Waals surface area (Å²) in [4.78, 5) is 2.56. The summed E-state index contributed by atoms with van der Waals surface area (Å²) in [6, 6.07) is 1.15. The Morgan fingerprint density at radius 3 is 2.63 bits per heavy atom. The Hall–Kier alpha value is 0.270. The zero-order valence-electron chi connectivity index (χ0n) is 13.4. The minimum Gasteiger partial charge on any atom is -0.327 e. The van der Waals surface area contributed by atoms with Gasteiger partial charge in [-0.25, -0.2) is 0 Å². The molecule has 1 saturated carbocycles. The van der Waals surface area contributed by atoms with E-state index in [0.717, 1.165) is 5.92 Å². The third kappa shape index (κ3) is 5.65. The first-order valence-corrected chi connectivity index (χ1v) is 9.46. The van der Waals surface area contributed by atoms with Gasteiger partial charge in [-0.3, -0.25) is 0 Å². The van der Waals surface area contributed by atoms with E-state index in [4.69, 9.17) is 5.73 Å². The molecule has 4 unspecified atom stereocenters. The first-order chi connectivity index (χ1) is 9.12. The van der Waals surface area contributed by atoms with E-state index in [0.29, 0.717) is 18.0 Å².